The predicted molar refractivity (Wildman–Crippen MR) is 87.6 cm³/mol. The lowest BCUT2D eigenvalue weighted by Gasteiger charge is -2.40. The SMILES string of the molecule is COc1ccc([C@@H](C)NC2CCC3CCCCC3C2)cc1. The Labute approximate surface area is 129 Å². The molecule has 2 aliphatic carbocycles. The fraction of sp³-hybridized carbons (Fsp3) is 0.684. The minimum atomic E-state index is 0.432. The lowest BCUT2D eigenvalue weighted by molar-refractivity contribution is 0.139. The number of hydrogen-bond acceptors (Lipinski definition) is 2. The molecule has 4 atom stereocenters. The number of methoxy groups -OCH3 is 1. The summed E-state index contributed by atoms with van der Waals surface area (Å²) in [5.74, 6) is 2.97. The second kappa shape index (κ2) is 6.83. The second-order valence-corrected chi connectivity index (χ2v) is 6.98. The van der Waals surface area contributed by atoms with Crippen LogP contribution in [0, 0.1) is 11.8 Å². The van der Waals surface area contributed by atoms with Gasteiger partial charge in [0.15, 0.2) is 0 Å². The molecule has 0 bridgehead atoms. The topological polar surface area (TPSA) is 21.3 Å². The average molecular weight is 287 g/mol. The molecule has 3 rings (SSSR count). The zero-order chi connectivity index (χ0) is 14.7. The Morgan fingerprint density at radius 2 is 1.71 bits per heavy atom. The average Bonchev–Trinajstić information content (AvgIpc) is 2.55. The molecule has 3 unspecified atom stereocenters. The van der Waals surface area contributed by atoms with Gasteiger partial charge in [0.25, 0.3) is 0 Å². The third kappa shape index (κ3) is 3.60. The Morgan fingerprint density at radius 3 is 2.43 bits per heavy atom. The molecule has 2 aliphatic rings. The summed E-state index contributed by atoms with van der Waals surface area (Å²) >= 11 is 0. The van der Waals surface area contributed by atoms with Crippen molar-refractivity contribution in [2.75, 3.05) is 7.11 Å². The van der Waals surface area contributed by atoms with Gasteiger partial charge in [-0.25, -0.2) is 0 Å². The standard InChI is InChI=1S/C19H29NO/c1-14(15-8-11-19(21-2)12-9-15)20-18-10-7-16-5-3-4-6-17(16)13-18/h8-9,11-12,14,16-18,20H,3-7,10,13H2,1-2H3/t14-,16?,17?,18?/m1/s1. The van der Waals surface area contributed by atoms with Crippen LogP contribution in [0.15, 0.2) is 24.3 Å². The largest absolute Gasteiger partial charge is 0.497 e. The van der Waals surface area contributed by atoms with E-state index in [4.69, 9.17) is 4.74 Å². The van der Waals surface area contributed by atoms with Crippen LogP contribution in [0.3, 0.4) is 0 Å². The molecule has 0 heterocycles. The molecule has 116 valence electrons. The van der Waals surface area contributed by atoms with E-state index in [1.54, 1.807) is 7.11 Å². The van der Waals surface area contributed by atoms with E-state index in [2.05, 4.69) is 36.5 Å². The molecule has 21 heavy (non-hydrogen) atoms. The molecule has 0 aliphatic heterocycles. The molecule has 0 spiro atoms. The van der Waals surface area contributed by atoms with E-state index in [9.17, 15) is 0 Å². The molecule has 0 amide bonds. The van der Waals surface area contributed by atoms with E-state index in [0.717, 1.165) is 17.6 Å². The number of hydrogen-bond donors (Lipinski definition) is 1. The minimum Gasteiger partial charge on any atom is -0.497 e. The van der Waals surface area contributed by atoms with Crippen molar-refractivity contribution in [2.45, 2.75) is 64.0 Å². The van der Waals surface area contributed by atoms with Gasteiger partial charge in [-0.1, -0.05) is 37.8 Å². The van der Waals surface area contributed by atoms with Crippen molar-refractivity contribution in [2.24, 2.45) is 11.8 Å². The molecule has 1 aromatic carbocycles. The molecule has 2 heteroatoms. The molecule has 2 fully saturated rings. The van der Waals surface area contributed by atoms with Crippen LogP contribution in [-0.4, -0.2) is 13.2 Å². The maximum atomic E-state index is 5.24. The minimum absolute atomic E-state index is 0.432. The fourth-order valence-electron chi connectivity index (χ4n) is 4.37. The highest BCUT2D eigenvalue weighted by Crippen LogP contribution is 2.40. The highest BCUT2D eigenvalue weighted by Gasteiger charge is 2.32. The Hall–Kier alpha value is -1.02. The van der Waals surface area contributed by atoms with Crippen molar-refractivity contribution in [3.63, 3.8) is 0 Å². The summed E-state index contributed by atoms with van der Waals surface area (Å²) in [5.41, 5.74) is 1.36. The zero-order valence-corrected chi connectivity index (χ0v) is 13.5. The molecular weight excluding hydrogens is 258 g/mol. The highest BCUT2D eigenvalue weighted by atomic mass is 16.5. The van der Waals surface area contributed by atoms with Crippen LogP contribution in [0.1, 0.15) is 63.5 Å². The third-order valence-electron chi connectivity index (χ3n) is 5.64. The molecule has 1 N–H and O–H groups in total. The smallest absolute Gasteiger partial charge is 0.118 e. The Bertz CT molecular complexity index is 441. The van der Waals surface area contributed by atoms with Gasteiger partial charge in [-0.05, 0) is 55.7 Å². The van der Waals surface area contributed by atoms with E-state index in [1.807, 2.05) is 0 Å². The highest BCUT2D eigenvalue weighted by molar-refractivity contribution is 5.28. The van der Waals surface area contributed by atoms with Gasteiger partial charge in [-0.15, -0.1) is 0 Å². The summed E-state index contributed by atoms with van der Waals surface area (Å²) in [6.45, 7) is 2.29. The van der Waals surface area contributed by atoms with Crippen LogP contribution >= 0.6 is 0 Å². The molecule has 1 aromatic rings. The zero-order valence-electron chi connectivity index (χ0n) is 13.5. The van der Waals surface area contributed by atoms with Gasteiger partial charge in [0.2, 0.25) is 0 Å². The molecule has 0 radical (unpaired) electrons. The maximum absolute atomic E-state index is 5.24. The Balaban J connectivity index is 1.55. The first kappa shape index (κ1) is 14.9. The van der Waals surface area contributed by atoms with Crippen molar-refractivity contribution in [1.82, 2.24) is 5.32 Å². The number of rotatable bonds is 4. The van der Waals surface area contributed by atoms with Crippen LogP contribution in [0.2, 0.25) is 0 Å². The maximum Gasteiger partial charge on any atom is 0.118 e. The first-order chi connectivity index (χ1) is 10.3. The molecule has 0 saturated heterocycles. The predicted octanol–water partition coefficient (Wildman–Crippen LogP) is 4.70. The summed E-state index contributed by atoms with van der Waals surface area (Å²) in [6, 6.07) is 9.63. The summed E-state index contributed by atoms with van der Waals surface area (Å²) in [5, 5.41) is 3.86. The fourth-order valence-corrected chi connectivity index (χ4v) is 4.37. The number of fused-ring (bicyclic) bond motifs is 1. The van der Waals surface area contributed by atoms with Gasteiger partial charge in [-0.2, -0.15) is 0 Å². The van der Waals surface area contributed by atoms with E-state index in [0.29, 0.717) is 12.1 Å². The molecule has 2 nitrogen and oxygen atoms in total. The van der Waals surface area contributed by atoms with Crippen molar-refractivity contribution in [3.05, 3.63) is 29.8 Å². The van der Waals surface area contributed by atoms with E-state index < -0.39 is 0 Å². The van der Waals surface area contributed by atoms with Crippen molar-refractivity contribution < 1.29 is 4.74 Å². The summed E-state index contributed by atoms with van der Waals surface area (Å²) in [6.07, 6.45) is 10.1. The van der Waals surface area contributed by atoms with Crippen molar-refractivity contribution >= 4 is 0 Å². The normalized spacial score (nSPS) is 30.5. The van der Waals surface area contributed by atoms with Gasteiger partial charge in [0.1, 0.15) is 5.75 Å². The Morgan fingerprint density at radius 1 is 1.00 bits per heavy atom. The third-order valence-corrected chi connectivity index (χ3v) is 5.64. The lowest BCUT2D eigenvalue weighted by Crippen LogP contribution is -2.39. The van der Waals surface area contributed by atoms with Gasteiger partial charge >= 0.3 is 0 Å². The van der Waals surface area contributed by atoms with E-state index in [-0.39, 0.29) is 0 Å². The second-order valence-electron chi connectivity index (χ2n) is 6.98. The van der Waals surface area contributed by atoms with Crippen molar-refractivity contribution in [3.8, 4) is 5.75 Å². The number of nitrogens with one attached hydrogen (secondary N) is 1. The monoisotopic (exact) mass is 287 g/mol. The van der Waals surface area contributed by atoms with Gasteiger partial charge in [-0.3, -0.25) is 0 Å². The summed E-state index contributed by atoms with van der Waals surface area (Å²) < 4.78 is 5.24. The Kier molecular flexibility index (Phi) is 4.84. The first-order valence-electron chi connectivity index (χ1n) is 8.66. The van der Waals surface area contributed by atoms with E-state index >= 15 is 0 Å². The van der Waals surface area contributed by atoms with Crippen LogP contribution in [0.5, 0.6) is 5.75 Å². The molecule has 2 saturated carbocycles. The van der Waals surface area contributed by atoms with Crippen LogP contribution in [0.4, 0.5) is 0 Å². The lowest BCUT2D eigenvalue weighted by atomic mass is 9.69. The van der Waals surface area contributed by atoms with Gasteiger partial charge < -0.3 is 10.1 Å². The number of benzene rings is 1. The van der Waals surface area contributed by atoms with Gasteiger partial charge in [0, 0.05) is 12.1 Å². The quantitative estimate of drug-likeness (QED) is 0.866. The molecular formula is C19H29NO. The van der Waals surface area contributed by atoms with Crippen LogP contribution < -0.4 is 10.1 Å². The van der Waals surface area contributed by atoms with E-state index in [1.165, 1.54) is 50.5 Å². The van der Waals surface area contributed by atoms with Crippen LogP contribution in [0.25, 0.3) is 0 Å². The number of ether oxygens (including phenoxy) is 1. The summed E-state index contributed by atoms with van der Waals surface area (Å²) in [7, 11) is 1.72. The molecule has 0 aromatic heterocycles. The van der Waals surface area contributed by atoms with Crippen LogP contribution in [-0.2, 0) is 0 Å². The van der Waals surface area contributed by atoms with Crippen molar-refractivity contribution in [1.29, 1.82) is 0 Å². The first-order valence-corrected chi connectivity index (χ1v) is 8.66. The summed E-state index contributed by atoms with van der Waals surface area (Å²) in [4.78, 5) is 0. The van der Waals surface area contributed by atoms with Gasteiger partial charge in [0.05, 0.1) is 7.11 Å².